The van der Waals surface area contributed by atoms with Crippen LogP contribution < -0.4 is 0 Å². The van der Waals surface area contributed by atoms with Gasteiger partial charge in [0.2, 0.25) is 0 Å². The molecule has 0 aliphatic carbocycles. The maximum Gasteiger partial charge on any atom is 0.324 e. The first-order chi connectivity index (χ1) is 9.20. The lowest BCUT2D eigenvalue weighted by atomic mass is 10.1. The molecule has 0 atom stereocenters. The van der Waals surface area contributed by atoms with Crippen LogP contribution in [0.5, 0.6) is 0 Å². The molecule has 19 heavy (non-hydrogen) atoms. The van der Waals surface area contributed by atoms with Gasteiger partial charge in [-0.1, -0.05) is 24.7 Å². The van der Waals surface area contributed by atoms with Crippen molar-refractivity contribution in [2.24, 2.45) is 0 Å². The smallest absolute Gasteiger partial charge is 0.324 e. The molecule has 1 aromatic rings. The van der Waals surface area contributed by atoms with Crippen LogP contribution in [-0.2, 0) is 0 Å². The molecule has 1 aliphatic rings. The van der Waals surface area contributed by atoms with Crippen LogP contribution in [0.3, 0.4) is 0 Å². The van der Waals surface area contributed by atoms with E-state index in [1.165, 1.54) is 42.7 Å². The summed E-state index contributed by atoms with van der Waals surface area (Å²) in [5.74, 6) is 0. The first-order valence-electron chi connectivity index (χ1n) is 6.90. The SMILES string of the molecule is CCCCC(=Cc1ccc([N+](=O)[O-])s1)N1CCCC1. The number of likely N-dealkylation sites (tertiary alicyclic amines) is 1. The van der Waals surface area contributed by atoms with Gasteiger partial charge in [-0.25, -0.2) is 0 Å². The third-order valence-corrected chi connectivity index (χ3v) is 4.38. The summed E-state index contributed by atoms with van der Waals surface area (Å²) in [7, 11) is 0. The highest BCUT2D eigenvalue weighted by molar-refractivity contribution is 7.16. The minimum atomic E-state index is -0.316. The van der Waals surface area contributed by atoms with Gasteiger partial charge < -0.3 is 4.90 Å². The monoisotopic (exact) mass is 280 g/mol. The fourth-order valence-electron chi connectivity index (χ4n) is 2.37. The van der Waals surface area contributed by atoms with E-state index in [9.17, 15) is 10.1 Å². The van der Waals surface area contributed by atoms with E-state index in [1.54, 1.807) is 6.07 Å². The molecule has 104 valence electrons. The van der Waals surface area contributed by atoms with E-state index >= 15 is 0 Å². The second-order valence-electron chi connectivity index (χ2n) is 4.87. The van der Waals surface area contributed by atoms with Crippen molar-refractivity contribution >= 4 is 22.4 Å². The zero-order chi connectivity index (χ0) is 13.7. The number of nitrogens with zero attached hydrogens (tertiary/aromatic N) is 2. The van der Waals surface area contributed by atoms with E-state index in [1.807, 2.05) is 6.07 Å². The minimum absolute atomic E-state index is 0.225. The fourth-order valence-corrected chi connectivity index (χ4v) is 3.15. The van der Waals surface area contributed by atoms with E-state index in [0.717, 1.165) is 24.4 Å². The lowest BCUT2D eigenvalue weighted by Gasteiger charge is -2.21. The molecule has 0 spiro atoms. The summed E-state index contributed by atoms with van der Waals surface area (Å²) in [6.07, 6.45) is 8.08. The first-order valence-corrected chi connectivity index (χ1v) is 7.72. The van der Waals surface area contributed by atoms with Crippen LogP contribution in [0.25, 0.3) is 6.08 Å². The summed E-state index contributed by atoms with van der Waals surface area (Å²) < 4.78 is 0. The Morgan fingerprint density at radius 3 is 2.79 bits per heavy atom. The summed E-state index contributed by atoms with van der Waals surface area (Å²) in [6.45, 7) is 4.45. The summed E-state index contributed by atoms with van der Waals surface area (Å²) >= 11 is 1.26. The molecule has 0 saturated carbocycles. The first kappa shape index (κ1) is 14.1. The van der Waals surface area contributed by atoms with E-state index in [2.05, 4.69) is 17.9 Å². The van der Waals surface area contributed by atoms with Crippen molar-refractivity contribution < 1.29 is 4.92 Å². The largest absolute Gasteiger partial charge is 0.375 e. The minimum Gasteiger partial charge on any atom is -0.375 e. The number of allylic oxidation sites excluding steroid dienone is 1. The number of rotatable bonds is 6. The van der Waals surface area contributed by atoms with Crippen LogP contribution in [0, 0.1) is 10.1 Å². The molecule has 0 unspecified atom stereocenters. The van der Waals surface area contributed by atoms with Gasteiger partial charge in [-0.2, -0.15) is 0 Å². The Morgan fingerprint density at radius 1 is 1.47 bits per heavy atom. The van der Waals surface area contributed by atoms with E-state index < -0.39 is 0 Å². The van der Waals surface area contributed by atoms with Gasteiger partial charge >= 0.3 is 5.00 Å². The van der Waals surface area contributed by atoms with E-state index in [4.69, 9.17) is 0 Å². The fraction of sp³-hybridized carbons (Fsp3) is 0.571. The standard InChI is InChI=1S/C14H20N2O2S/c1-2-3-6-12(15-9-4-5-10-15)11-13-7-8-14(19-13)16(17)18/h7-8,11H,2-6,9-10H2,1H3. The molecular weight excluding hydrogens is 260 g/mol. The lowest BCUT2D eigenvalue weighted by molar-refractivity contribution is -0.380. The molecular formula is C14H20N2O2S. The van der Waals surface area contributed by atoms with Gasteiger partial charge in [-0.05, 0) is 37.8 Å². The maximum absolute atomic E-state index is 10.7. The molecule has 2 rings (SSSR count). The van der Waals surface area contributed by atoms with Gasteiger partial charge in [0.15, 0.2) is 0 Å². The third kappa shape index (κ3) is 3.80. The topological polar surface area (TPSA) is 46.4 Å². The van der Waals surface area contributed by atoms with Gasteiger partial charge in [-0.3, -0.25) is 10.1 Å². The van der Waals surface area contributed by atoms with Crippen LogP contribution in [-0.4, -0.2) is 22.9 Å². The highest BCUT2D eigenvalue weighted by atomic mass is 32.1. The molecule has 0 radical (unpaired) electrons. The summed E-state index contributed by atoms with van der Waals surface area (Å²) in [4.78, 5) is 13.8. The van der Waals surface area contributed by atoms with Crippen molar-refractivity contribution in [3.63, 3.8) is 0 Å². The van der Waals surface area contributed by atoms with Gasteiger partial charge in [0.25, 0.3) is 0 Å². The van der Waals surface area contributed by atoms with Crippen molar-refractivity contribution in [2.45, 2.75) is 39.0 Å². The molecule has 1 aliphatic heterocycles. The van der Waals surface area contributed by atoms with E-state index in [-0.39, 0.29) is 9.92 Å². The molecule has 0 amide bonds. The van der Waals surface area contributed by atoms with Crippen LogP contribution in [0.4, 0.5) is 5.00 Å². The Morgan fingerprint density at radius 2 is 2.21 bits per heavy atom. The van der Waals surface area contributed by atoms with Crippen LogP contribution in [0.2, 0.25) is 0 Å². The maximum atomic E-state index is 10.7. The van der Waals surface area contributed by atoms with Crippen molar-refractivity contribution in [3.8, 4) is 0 Å². The number of thiophene rings is 1. The molecule has 0 N–H and O–H groups in total. The van der Waals surface area contributed by atoms with Crippen LogP contribution in [0.1, 0.15) is 43.9 Å². The Kier molecular flexibility index (Phi) is 4.96. The molecule has 0 bridgehead atoms. The highest BCUT2D eigenvalue weighted by Crippen LogP contribution is 2.28. The lowest BCUT2D eigenvalue weighted by Crippen LogP contribution is -2.18. The normalized spacial score (nSPS) is 16.1. The van der Waals surface area contributed by atoms with E-state index in [0.29, 0.717) is 0 Å². The van der Waals surface area contributed by atoms with Crippen LogP contribution >= 0.6 is 11.3 Å². The second kappa shape index (κ2) is 6.70. The second-order valence-corrected chi connectivity index (χ2v) is 5.96. The van der Waals surface area contributed by atoms with Crippen molar-refractivity contribution in [2.75, 3.05) is 13.1 Å². The van der Waals surface area contributed by atoms with Gasteiger partial charge in [0.05, 0.1) is 4.92 Å². The highest BCUT2D eigenvalue weighted by Gasteiger charge is 2.15. The summed E-state index contributed by atoms with van der Waals surface area (Å²) in [6, 6.07) is 3.45. The molecule has 1 fully saturated rings. The summed E-state index contributed by atoms with van der Waals surface area (Å²) in [5, 5.41) is 10.9. The average molecular weight is 280 g/mol. The molecule has 4 nitrogen and oxygen atoms in total. The predicted octanol–water partition coefficient (Wildman–Crippen LogP) is 4.28. The van der Waals surface area contributed by atoms with Gasteiger partial charge in [0.1, 0.15) is 0 Å². The quantitative estimate of drug-likeness (QED) is 0.577. The number of unbranched alkanes of at least 4 members (excludes halogenated alkanes) is 1. The third-order valence-electron chi connectivity index (χ3n) is 3.40. The number of nitro groups is 1. The summed E-state index contributed by atoms with van der Waals surface area (Å²) in [5.41, 5.74) is 1.34. The Labute approximate surface area is 117 Å². The van der Waals surface area contributed by atoms with Crippen LogP contribution in [0.15, 0.2) is 17.8 Å². The Bertz CT molecular complexity index is 462. The van der Waals surface area contributed by atoms with Crippen molar-refractivity contribution in [1.82, 2.24) is 4.90 Å². The van der Waals surface area contributed by atoms with Gasteiger partial charge in [-0.15, -0.1) is 0 Å². The molecule has 2 heterocycles. The number of hydrogen-bond acceptors (Lipinski definition) is 4. The van der Waals surface area contributed by atoms with Gasteiger partial charge in [0, 0.05) is 29.7 Å². The molecule has 0 aromatic carbocycles. The number of hydrogen-bond donors (Lipinski definition) is 0. The zero-order valence-electron chi connectivity index (χ0n) is 11.3. The van der Waals surface area contributed by atoms with Crippen molar-refractivity contribution in [3.05, 3.63) is 32.8 Å². The van der Waals surface area contributed by atoms with Crippen molar-refractivity contribution in [1.29, 1.82) is 0 Å². The zero-order valence-corrected chi connectivity index (χ0v) is 12.1. The molecule has 1 aromatic heterocycles. The predicted molar refractivity (Wildman–Crippen MR) is 79.3 cm³/mol. The molecule has 5 heteroatoms. The Hall–Kier alpha value is -1.36. The Balaban J connectivity index is 2.14. The molecule has 1 saturated heterocycles. The average Bonchev–Trinajstić information content (AvgIpc) is 3.05.